The van der Waals surface area contributed by atoms with Crippen LogP contribution in [0.25, 0.3) is 0 Å². The molecule has 6 heteroatoms. The molecule has 19 heavy (non-hydrogen) atoms. The second-order valence-electron chi connectivity index (χ2n) is 4.81. The molecule has 0 aliphatic carbocycles. The van der Waals surface area contributed by atoms with E-state index >= 15 is 0 Å². The maximum atomic E-state index is 11.4. The topological polar surface area (TPSA) is 72.5 Å². The maximum Gasteiger partial charge on any atom is 0.407 e. The zero-order chi connectivity index (χ0) is 14.1. The van der Waals surface area contributed by atoms with Crippen LogP contribution in [0.15, 0.2) is 11.5 Å². The first kappa shape index (κ1) is 16.0. The Labute approximate surface area is 115 Å². The van der Waals surface area contributed by atoms with E-state index in [-0.39, 0.29) is 5.75 Å². The summed E-state index contributed by atoms with van der Waals surface area (Å²) < 4.78 is 27.3. The van der Waals surface area contributed by atoms with E-state index < -0.39 is 22.0 Å². The van der Waals surface area contributed by atoms with Crippen LogP contribution >= 0.6 is 0 Å². The van der Waals surface area contributed by atoms with Crippen LogP contribution in [-0.2, 0) is 14.6 Å². The van der Waals surface area contributed by atoms with Crippen LogP contribution in [0.1, 0.15) is 45.4 Å². The number of rotatable bonds is 8. The van der Waals surface area contributed by atoms with E-state index in [0.29, 0.717) is 6.61 Å². The Bertz CT molecular complexity index is 403. The highest BCUT2D eigenvalue weighted by Gasteiger charge is 2.23. The summed E-state index contributed by atoms with van der Waals surface area (Å²) in [6, 6.07) is -0.456. The average molecular weight is 289 g/mol. The SMILES string of the molecule is CCCCCCCCOC(=O)NC1C=CS(=O)(=O)C1. The van der Waals surface area contributed by atoms with Crippen LogP contribution in [0.4, 0.5) is 4.79 Å². The third-order valence-corrected chi connectivity index (χ3v) is 4.36. The molecular weight excluding hydrogens is 266 g/mol. The highest BCUT2D eigenvalue weighted by molar-refractivity contribution is 7.94. The van der Waals surface area contributed by atoms with Crippen LogP contribution < -0.4 is 5.32 Å². The van der Waals surface area contributed by atoms with Gasteiger partial charge in [0, 0.05) is 5.41 Å². The summed E-state index contributed by atoms with van der Waals surface area (Å²) >= 11 is 0. The predicted molar refractivity (Wildman–Crippen MR) is 74.6 cm³/mol. The first-order valence-electron chi connectivity index (χ1n) is 6.88. The first-order valence-corrected chi connectivity index (χ1v) is 8.59. The molecule has 1 N–H and O–H groups in total. The van der Waals surface area contributed by atoms with Crippen LogP contribution in [0.5, 0.6) is 0 Å². The fourth-order valence-corrected chi connectivity index (χ4v) is 3.14. The molecule has 1 unspecified atom stereocenters. The van der Waals surface area contributed by atoms with Crippen molar-refractivity contribution in [2.24, 2.45) is 0 Å². The van der Waals surface area contributed by atoms with E-state index in [4.69, 9.17) is 4.74 Å². The van der Waals surface area contributed by atoms with E-state index in [1.165, 1.54) is 31.8 Å². The van der Waals surface area contributed by atoms with Gasteiger partial charge in [0.1, 0.15) is 0 Å². The van der Waals surface area contributed by atoms with Crippen LogP contribution in [-0.4, -0.2) is 32.9 Å². The summed E-state index contributed by atoms with van der Waals surface area (Å²) in [7, 11) is -3.13. The van der Waals surface area contributed by atoms with Gasteiger partial charge < -0.3 is 10.1 Å². The van der Waals surface area contributed by atoms with E-state index in [1.54, 1.807) is 0 Å². The fourth-order valence-electron chi connectivity index (χ4n) is 1.91. The number of alkyl carbamates (subject to hydrolysis) is 1. The van der Waals surface area contributed by atoms with Crippen LogP contribution in [0.2, 0.25) is 0 Å². The molecule has 0 saturated heterocycles. The lowest BCUT2D eigenvalue weighted by Crippen LogP contribution is -2.36. The normalized spacial score (nSPS) is 20.4. The standard InChI is InChI=1S/C13H23NO4S/c1-2-3-4-5-6-7-9-18-13(15)14-12-8-10-19(16,17)11-12/h8,10,12H,2-7,9,11H2,1H3,(H,14,15). The Balaban J connectivity index is 2.02. The minimum absolute atomic E-state index is 0.0703. The van der Waals surface area contributed by atoms with Crippen molar-refractivity contribution in [3.8, 4) is 0 Å². The summed E-state index contributed by atoms with van der Waals surface area (Å²) in [5.41, 5.74) is 0. The van der Waals surface area contributed by atoms with Gasteiger partial charge >= 0.3 is 6.09 Å². The number of unbranched alkanes of at least 4 members (excludes halogenated alkanes) is 5. The summed E-state index contributed by atoms with van der Waals surface area (Å²) in [4.78, 5) is 11.4. The predicted octanol–water partition coefficient (Wildman–Crippen LogP) is 2.38. The molecule has 0 spiro atoms. The van der Waals surface area contributed by atoms with Gasteiger partial charge in [-0.15, -0.1) is 0 Å². The van der Waals surface area contributed by atoms with E-state index in [2.05, 4.69) is 12.2 Å². The summed E-state index contributed by atoms with van der Waals surface area (Å²) in [6.45, 7) is 2.56. The Hall–Kier alpha value is -1.04. The van der Waals surface area contributed by atoms with E-state index in [0.717, 1.165) is 18.2 Å². The first-order chi connectivity index (χ1) is 9.03. The number of carbonyl (C=O) groups excluding carboxylic acids is 1. The Morgan fingerprint density at radius 3 is 2.58 bits per heavy atom. The van der Waals surface area contributed by atoms with Gasteiger partial charge in [0.15, 0.2) is 9.84 Å². The molecule has 0 bridgehead atoms. The maximum absolute atomic E-state index is 11.4. The van der Waals surface area contributed by atoms with E-state index in [1.807, 2.05) is 0 Å². The van der Waals surface area contributed by atoms with Crippen molar-refractivity contribution in [3.63, 3.8) is 0 Å². The monoisotopic (exact) mass is 289 g/mol. The lowest BCUT2D eigenvalue weighted by Gasteiger charge is -2.10. The minimum Gasteiger partial charge on any atom is -0.450 e. The zero-order valence-corrected chi connectivity index (χ0v) is 12.2. The number of ether oxygens (including phenoxy) is 1. The van der Waals surface area contributed by atoms with Gasteiger partial charge in [-0.05, 0) is 12.5 Å². The molecule has 0 fully saturated rings. The van der Waals surface area contributed by atoms with Crippen molar-refractivity contribution in [2.45, 2.75) is 51.5 Å². The molecule has 1 aliphatic rings. The second-order valence-corrected chi connectivity index (χ2v) is 6.74. The van der Waals surface area contributed by atoms with Gasteiger partial charge in [-0.3, -0.25) is 0 Å². The Morgan fingerprint density at radius 1 is 1.26 bits per heavy atom. The van der Waals surface area contributed by atoms with Gasteiger partial charge in [-0.25, -0.2) is 13.2 Å². The minimum atomic E-state index is -3.13. The Morgan fingerprint density at radius 2 is 1.95 bits per heavy atom. The molecule has 5 nitrogen and oxygen atoms in total. The molecule has 1 amide bonds. The van der Waals surface area contributed by atoms with Gasteiger partial charge in [0.05, 0.1) is 18.4 Å². The van der Waals surface area contributed by atoms with Gasteiger partial charge in [0.2, 0.25) is 0 Å². The highest BCUT2D eigenvalue weighted by Crippen LogP contribution is 2.08. The quantitative estimate of drug-likeness (QED) is 0.696. The summed E-state index contributed by atoms with van der Waals surface area (Å²) in [5, 5.41) is 3.65. The molecule has 1 rings (SSSR count). The fraction of sp³-hybridized carbons (Fsp3) is 0.769. The average Bonchev–Trinajstić information content (AvgIpc) is 2.67. The van der Waals surface area contributed by atoms with Crippen molar-refractivity contribution in [1.82, 2.24) is 5.32 Å². The van der Waals surface area contributed by atoms with Crippen LogP contribution in [0, 0.1) is 0 Å². The van der Waals surface area contributed by atoms with Gasteiger partial charge in [-0.2, -0.15) is 0 Å². The second kappa shape index (κ2) is 8.19. The van der Waals surface area contributed by atoms with Crippen LogP contribution in [0.3, 0.4) is 0 Å². The van der Waals surface area contributed by atoms with Crippen molar-refractivity contribution in [3.05, 3.63) is 11.5 Å². The largest absolute Gasteiger partial charge is 0.450 e. The van der Waals surface area contributed by atoms with Gasteiger partial charge in [-0.1, -0.05) is 39.0 Å². The summed E-state index contributed by atoms with van der Waals surface area (Å²) in [5.74, 6) is -0.0703. The number of carbonyl (C=O) groups is 1. The number of hydrogen-bond acceptors (Lipinski definition) is 4. The molecular formula is C13H23NO4S. The number of nitrogens with one attached hydrogen (secondary N) is 1. The molecule has 0 saturated carbocycles. The van der Waals surface area contributed by atoms with Crippen molar-refractivity contribution in [2.75, 3.05) is 12.4 Å². The van der Waals surface area contributed by atoms with E-state index in [9.17, 15) is 13.2 Å². The number of amides is 1. The van der Waals surface area contributed by atoms with Crippen molar-refractivity contribution < 1.29 is 17.9 Å². The molecule has 0 aromatic heterocycles. The zero-order valence-electron chi connectivity index (χ0n) is 11.4. The Kier molecular flexibility index (Phi) is 6.91. The number of hydrogen-bond donors (Lipinski definition) is 1. The molecule has 110 valence electrons. The molecule has 1 atom stereocenters. The van der Waals surface area contributed by atoms with Crippen molar-refractivity contribution in [1.29, 1.82) is 0 Å². The number of sulfone groups is 1. The lowest BCUT2D eigenvalue weighted by molar-refractivity contribution is 0.142. The molecule has 0 radical (unpaired) electrons. The highest BCUT2D eigenvalue weighted by atomic mass is 32.2. The third-order valence-electron chi connectivity index (χ3n) is 2.96. The molecule has 1 aliphatic heterocycles. The molecule has 1 heterocycles. The molecule has 0 aromatic rings. The summed E-state index contributed by atoms with van der Waals surface area (Å²) in [6.07, 6.45) is 7.72. The van der Waals surface area contributed by atoms with Crippen molar-refractivity contribution >= 4 is 15.9 Å². The molecule has 0 aromatic carbocycles. The third kappa shape index (κ3) is 7.20. The lowest BCUT2D eigenvalue weighted by atomic mass is 10.1. The smallest absolute Gasteiger partial charge is 0.407 e. The van der Waals surface area contributed by atoms with Gasteiger partial charge in [0.25, 0.3) is 0 Å².